The average molecular weight is 338 g/mol. The van der Waals surface area contributed by atoms with E-state index in [2.05, 4.69) is 10.2 Å². The van der Waals surface area contributed by atoms with Crippen LogP contribution < -0.4 is 10.2 Å². The van der Waals surface area contributed by atoms with Crippen molar-refractivity contribution in [2.24, 2.45) is 0 Å². The molecule has 4 nitrogen and oxygen atoms in total. The number of hydrogen-bond acceptors (Lipinski definition) is 3. The molecule has 0 spiro atoms. The quantitative estimate of drug-likeness (QED) is 0.740. The van der Waals surface area contributed by atoms with E-state index < -0.39 is 0 Å². The molecule has 3 aromatic rings. The summed E-state index contributed by atoms with van der Waals surface area (Å²) in [6, 6.07) is 19.2. The Labute approximate surface area is 145 Å². The number of hydrogen-bond donors (Lipinski definition) is 1. The number of rotatable bonds is 6. The predicted molar refractivity (Wildman–Crippen MR) is 96.1 cm³/mol. The van der Waals surface area contributed by atoms with Gasteiger partial charge in [0.1, 0.15) is 11.6 Å². The lowest BCUT2D eigenvalue weighted by Crippen LogP contribution is -2.32. The van der Waals surface area contributed by atoms with Gasteiger partial charge in [-0.05, 0) is 48.5 Å². The molecule has 0 saturated heterocycles. The number of nitrogens with one attached hydrogen (secondary N) is 1. The molecule has 0 aliphatic heterocycles. The highest BCUT2D eigenvalue weighted by atomic mass is 19.1. The first-order valence-electron chi connectivity index (χ1n) is 8.03. The van der Waals surface area contributed by atoms with Crippen LogP contribution in [0.5, 0.6) is 0 Å². The smallest absolute Gasteiger partial charge is 0.287 e. The van der Waals surface area contributed by atoms with Gasteiger partial charge in [-0.25, -0.2) is 4.39 Å². The van der Waals surface area contributed by atoms with Crippen molar-refractivity contribution in [3.63, 3.8) is 0 Å². The number of likely N-dealkylation sites (N-methyl/N-ethyl adjacent to an activating group) is 1. The molecule has 1 aromatic heterocycles. The normalized spacial score (nSPS) is 10.5. The molecular weight excluding hydrogens is 319 g/mol. The highest BCUT2D eigenvalue weighted by molar-refractivity contribution is 5.92. The van der Waals surface area contributed by atoms with Crippen molar-refractivity contribution in [1.29, 1.82) is 0 Å². The number of furan rings is 1. The zero-order valence-electron chi connectivity index (χ0n) is 13.9. The van der Waals surface area contributed by atoms with Gasteiger partial charge in [-0.1, -0.05) is 18.2 Å². The average Bonchev–Trinajstić information content (AvgIpc) is 3.13. The lowest BCUT2D eigenvalue weighted by Gasteiger charge is -2.19. The van der Waals surface area contributed by atoms with E-state index in [1.54, 1.807) is 24.3 Å². The van der Waals surface area contributed by atoms with E-state index in [4.69, 9.17) is 4.42 Å². The molecule has 0 unspecified atom stereocenters. The monoisotopic (exact) mass is 338 g/mol. The van der Waals surface area contributed by atoms with Gasteiger partial charge >= 0.3 is 0 Å². The minimum absolute atomic E-state index is 0.238. The van der Waals surface area contributed by atoms with Crippen molar-refractivity contribution < 1.29 is 13.6 Å². The van der Waals surface area contributed by atoms with Crippen molar-refractivity contribution in [2.45, 2.75) is 0 Å². The topological polar surface area (TPSA) is 45.5 Å². The third-order valence-electron chi connectivity index (χ3n) is 3.89. The fraction of sp³-hybridized carbons (Fsp3) is 0.150. The molecule has 0 saturated carbocycles. The van der Waals surface area contributed by atoms with Crippen LogP contribution in [0.15, 0.2) is 71.1 Å². The van der Waals surface area contributed by atoms with E-state index in [0.717, 1.165) is 11.3 Å². The van der Waals surface area contributed by atoms with Crippen LogP contribution in [0.3, 0.4) is 0 Å². The molecule has 5 heteroatoms. The van der Waals surface area contributed by atoms with Crippen LogP contribution in [0.1, 0.15) is 10.6 Å². The van der Waals surface area contributed by atoms with Crippen molar-refractivity contribution in [3.8, 4) is 11.3 Å². The Hall–Kier alpha value is -3.08. The van der Waals surface area contributed by atoms with Gasteiger partial charge in [-0.3, -0.25) is 4.79 Å². The van der Waals surface area contributed by atoms with E-state index in [1.165, 1.54) is 12.1 Å². The van der Waals surface area contributed by atoms with Crippen LogP contribution in [0.2, 0.25) is 0 Å². The van der Waals surface area contributed by atoms with Crippen molar-refractivity contribution in [1.82, 2.24) is 5.32 Å². The second-order valence-corrected chi connectivity index (χ2v) is 5.68. The summed E-state index contributed by atoms with van der Waals surface area (Å²) in [5.74, 6) is 0.193. The van der Waals surface area contributed by atoms with Gasteiger partial charge in [-0.2, -0.15) is 0 Å². The lowest BCUT2D eigenvalue weighted by atomic mass is 10.2. The molecule has 0 aliphatic rings. The van der Waals surface area contributed by atoms with Crippen LogP contribution in [-0.4, -0.2) is 26.0 Å². The zero-order valence-corrected chi connectivity index (χ0v) is 13.9. The van der Waals surface area contributed by atoms with Gasteiger partial charge in [0.25, 0.3) is 5.91 Å². The fourth-order valence-electron chi connectivity index (χ4n) is 2.47. The highest BCUT2D eigenvalue weighted by Crippen LogP contribution is 2.22. The van der Waals surface area contributed by atoms with Crippen molar-refractivity contribution in [2.75, 3.05) is 25.0 Å². The zero-order chi connectivity index (χ0) is 17.6. The van der Waals surface area contributed by atoms with E-state index >= 15 is 0 Å². The Kier molecular flexibility index (Phi) is 5.14. The van der Waals surface area contributed by atoms with Gasteiger partial charge in [0.2, 0.25) is 0 Å². The molecule has 0 radical (unpaired) electrons. The van der Waals surface area contributed by atoms with Crippen molar-refractivity contribution >= 4 is 11.6 Å². The molecule has 0 fully saturated rings. The van der Waals surface area contributed by atoms with E-state index in [0.29, 0.717) is 18.8 Å². The van der Waals surface area contributed by atoms with E-state index in [1.807, 2.05) is 37.4 Å². The Bertz CT molecular complexity index is 828. The molecular formula is C20H19FN2O2. The van der Waals surface area contributed by atoms with Crippen LogP contribution in [0.25, 0.3) is 11.3 Å². The Morgan fingerprint density at radius 1 is 1.04 bits per heavy atom. The predicted octanol–water partition coefficient (Wildman–Crippen LogP) is 3.95. The summed E-state index contributed by atoms with van der Waals surface area (Å²) in [7, 11) is 1.97. The van der Waals surface area contributed by atoms with Crippen LogP contribution in [0, 0.1) is 5.82 Å². The van der Waals surface area contributed by atoms with Gasteiger partial charge in [0, 0.05) is 31.4 Å². The summed E-state index contributed by atoms with van der Waals surface area (Å²) >= 11 is 0. The summed E-state index contributed by atoms with van der Waals surface area (Å²) in [6.45, 7) is 1.18. The van der Waals surface area contributed by atoms with Gasteiger partial charge in [-0.15, -0.1) is 0 Å². The molecule has 1 heterocycles. The molecule has 3 rings (SSSR count). The lowest BCUT2D eigenvalue weighted by molar-refractivity contribution is 0.0928. The Morgan fingerprint density at radius 3 is 2.48 bits per heavy atom. The number of benzene rings is 2. The molecule has 128 valence electrons. The van der Waals surface area contributed by atoms with Crippen molar-refractivity contribution in [3.05, 3.63) is 78.3 Å². The number of para-hydroxylation sites is 1. The number of anilines is 1. The molecule has 25 heavy (non-hydrogen) atoms. The minimum Gasteiger partial charge on any atom is -0.451 e. The molecule has 1 amide bonds. The van der Waals surface area contributed by atoms with Crippen LogP contribution in [0.4, 0.5) is 10.1 Å². The number of carbonyl (C=O) groups excluding carboxylic acids is 1. The maximum Gasteiger partial charge on any atom is 0.287 e. The minimum atomic E-state index is -0.309. The fourth-order valence-corrected chi connectivity index (χ4v) is 2.47. The van der Waals surface area contributed by atoms with Gasteiger partial charge in [0.15, 0.2) is 5.76 Å². The first-order valence-corrected chi connectivity index (χ1v) is 8.03. The third kappa shape index (κ3) is 4.26. The maximum atomic E-state index is 13.0. The van der Waals surface area contributed by atoms with Crippen LogP contribution in [-0.2, 0) is 0 Å². The summed E-state index contributed by atoms with van der Waals surface area (Å²) in [5.41, 5.74) is 1.82. The largest absolute Gasteiger partial charge is 0.451 e. The van der Waals surface area contributed by atoms with Gasteiger partial charge < -0.3 is 14.6 Å². The number of halogens is 1. The van der Waals surface area contributed by atoms with E-state index in [9.17, 15) is 9.18 Å². The van der Waals surface area contributed by atoms with Gasteiger partial charge in [0.05, 0.1) is 0 Å². The summed E-state index contributed by atoms with van der Waals surface area (Å²) in [6.07, 6.45) is 0. The first-order chi connectivity index (χ1) is 12.1. The second kappa shape index (κ2) is 7.66. The summed E-state index contributed by atoms with van der Waals surface area (Å²) in [5, 5.41) is 2.84. The molecule has 1 N–H and O–H groups in total. The SMILES string of the molecule is CN(CCNC(=O)c1ccc(-c2ccc(F)cc2)o1)c1ccccc1. The molecule has 0 bridgehead atoms. The summed E-state index contributed by atoms with van der Waals surface area (Å²) < 4.78 is 18.5. The third-order valence-corrected chi connectivity index (χ3v) is 3.89. The highest BCUT2D eigenvalue weighted by Gasteiger charge is 2.12. The summed E-state index contributed by atoms with van der Waals surface area (Å²) in [4.78, 5) is 14.2. The molecule has 0 aliphatic carbocycles. The second-order valence-electron chi connectivity index (χ2n) is 5.68. The number of nitrogens with zero attached hydrogens (tertiary/aromatic N) is 1. The number of carbonyl (C=O) groups is 1. The number of amides is 1. The standard InChI is InChI=1S/C20H19FN2O2/c1-23(17-5-3-2-4-6-17)14-13-22-20(24)19-12-11-18(25-19)15-7-9-16(21)10-8-15/h2-12H,13-14H2,1H3,(H,22,24). The first kappa shape index (κ1) is 16.8. The molecule has 0 atom stereocenters. The Balaban J connectivity index is 1.54. The Morgan fingerprint density at radius 2 is 1.76 bits per heavy atom. The molecule has 2 aromatic carbocycles. The maximum absolute atomic E-state index is 13.0. The van der Waals surface area contributed by atoms with Crippen LogP contribution >= 0.6 is 0 Å². The van der Waals surface area contributed by atoms with E-state index in [-0.39, 0.29) is 17.5 Å².